The van der Waals surface area contributed by atoms with E-state index in [0.29, 0.717) is 19.9 Å². The molecule has 2 aliphatic heterocycles. The van der Waals surface area contributed by atoms with Gasteiger partial charge in [-0.15, -0.1) is 0 Å². The largest absolute Gasteiger partial charge is 0.483 e. The number of rotatable bonds is 6. The monoisotopic (exact) mass is 707 g/mol. The number of imide groups is 1. The van der Waals surface area contributed by atoms with Gasteiger partial charge in [-0.3, -0.25) is 19.2 Å². The van der Waals surface area contributed by atoms with Crippen LogP contribution in [0.25, 0.3) is 0 Å². The van der Waals surface area contributed by atoms with E-state index in [9.17, 15) is 36.7 Å². The summed E-state index contributed by atoms with van der Waals surface area (Å²) in [5.41, 5.74) is -0.895. The van der Waals surface area contributed by atoms with E-state index in [4.69, 9.17) is 4.74 Å². The Morgan fingerprint density at radius 2 is 1.75 bits per heavy atom. The van der Waals surface area contributed by atoms with Crippen molar-refractivity contribution in [1.82, 2.24) is 4.98 Å². The predicted octanol–water partition coefficient (Wildman–Crippen LogP) is 6.17. The molecule has 2 N–H and O–H groups in total. The quantitative estimate of drug-likeness (QED) is 0.183. The van der Waals surface area contributed by atoms with Gasteiger partial charge in [-0.05, 0) is 54.6 Å². The van der Waals surface area contributed by atoms with Crippen LogP contribution in [-0.4, -0.2) is 34.6 Å². The molecule has 1 fully saturated rings. The van der Waals surface area contributed by atoms with Crippen molar-refractivity contribution in [2.24, 2.45) is 5.92 Å². The molecule has 1 saturated heterocycles. The molecule has 0 radical (unpaired) electrons. The van der Waals surface area contributed by atoms with Gasteiger partial charge in [0.2, 0.25) is 11.8 Å². The lowest BCUT2D eigenvalue weighted by molar-refractivity contribution is -0.137. The van der Waals surface area contributed by atoms with Gasteiger partial charge in [0, 0.05) is 20.8 Å². The number of aromatic nitrogens is 1. The Kier molecular flexibility index (Phi) is 7.88. The SMILES string of the molecule is O=C(COc1ccc(Br)cc1C1c2sc(=O)[nH]c2SC2C(=O)N(c3ccc(F)cc3)C(=O)C21)Nc1ccccc1C(F)(F)F. The van der Waals surface area contributed by atoms with E-state index >= 15 is 0 Å². The maximum Gasteiger partial charge on any atom is 0.418 e. The Labute approximate surface area is 262 Å². The topological polar surface area (TPSA) is 109 Å². The minimum atomic E-state index is -4.69. The Balaban J connectivity index is 1.34. The zero-order valence-corrected chi connectivity index (χ0v) is 25.2. The van der Waals surface area contributed by atoms with Crippen LogP contribution >= 0.6 is 39.0 Å². The summed E-state index contributed by atoms with van der Waals surface area (Å²) in [6, 6.07) is 14.2. The maximum absolute atomic E-state index is 13.9. The molecular weight excluding hydrogens is 690 g/mol. The number of nitrogens with zero attached hydrogens (tertiary/aromatic N) is 1. The number of anilines is 2. The van der Waals surface area contributed by atoms with E-state index in [2.05, 4.69) is 26.2 Å². The molecule has 0 aliphatic carbocycles. The third-order valence-corrected chi connectivity index (χ3v) is 9.98. The van der Waals surface area contributed by atoms with Crippen LogP contribution < -0.4 is 19.8 Å². The number of fused-ring (bicyclic) bond motifs is 2. The number of ether oxygens (including phenoxy) is 1. The number of alkyl halides is 3. The zero-order chi connectivity index (χ0) is 31.3. The molecule has 3 amide bonds. The van der Waals surface area contributed by atoms with E-state index in [1.807, 2.05) is 0 Å². The molecule has 0 saturated carbocycles. The predicted molar refractivity (Wildman–Crippen MR) is 159 cm³/mol. The molecule has 226 valence electrons. The lowest BCUT2D eigenvalue weighted by atomic mass is 9.82. The first-order chi connectivity index (χ1) is 20.9. The lowest BCUT2D eigenvalue weighted by Gasteiger charge is -2.31. The summed E-state index contributed by atoms with van der Waals surface area (Å²) in [5, 5.41) is 1.68. The van der Waals surface area contributed by atoms with Crippen molar-refractivity contribution in [2.75, 3.05) is 16.8 Å². The second-order valence-electron chi connectivity index (χ2n) is 9.80. The molecule has 2 aliphatic rings. The van der Waals surface area contributed by atoms with Gasteiger partial charge in [0.25, 0.3) is 5.91 Å². The average molecular weight is 709 g/mol. The number of para-hydroxylation sites is 1. The van der Waals surface area contributed by atoms with Gasteiger partial charge in [0.15, 0.2) is 6.61 Å². The van der Waals surface area contributed by atoms with Gasteiger partial charge < -0.3 is 15.0 Å². The molecule has 3 unspecified atom stereocenters. The highest BCUT2D eigenvalue weighted by Gasteiger charge is 2.57. The number of benzene rings is 3. The standard InChI is InChI=1S/C29H18BrF4N3O5S2/c30-13-5-10-19(42-12-20(38)35-18-4-2-1-3-17(18)29(32,33)34)16(11-13)21-22-24(43-25-23(21)44-28(41)36-25)27(40)37(26(22)39)15-8-6-14(31)7-9-15/h1-11,21-22,24H,12H2,(H,35,38)(H,36,41). The van der Waals surface area contributed by atoms with Gasteiger partial charge in [-0.2, -0.15) is 13.2 Å². The molecule has 3 aromatic carbocycles. The fourth-order valence-electron chi connectivity index (χ4n) is 5.26. The second-order valence-corrected chi connectivity index (χ2v) is 12.9. The van der Waals surface area contributed by atoms with Crippen molar-refractivity contribution in [3.63, 3.8) is 0 Å². The molecule has 3 atom stereocenters. The van der Waals surface area contributed by atoms with Crippen LogP contribution in [0.4, 0.5) is 28.9 Å². The van der Waals surface area contributed by atoms with E-state index in [1.165, 1.54) is 30.3 Å². The number of halogens is 5. The number of carbonyl (C=O) groups is 3. The average Bonchev–Trinajstić information content (AvgIpc) is 3.46. The number of thiazole rings is 1. The van der Waals surface area contributed by atoms with Gasteiger partial charge >= 0.3 is 11.0 Å². The summed E-state index contributed by atoms with van der Waals surface area (Å²) in [7, 11) is 0. The molecule has 1 aromatic heterocycles. The summed E-state index contributed by atoms with van der Waals surface area (Å²) >= 11 is 5.33. The second kappa shape index (κ2) is 11.5. The van der Waals surface area contributed by atoms with E-state index in [1.54, 1.807) is 12.1 Å². The number of hydrogen-bond donors (Lipinski definition) is 2. The maximum atomic E-state index is 13.9. The summed E-state index contributed by atoms with van der Waals surface area (Å²) in [6.07, 6.45) is -4.69. The number of hydrogen-bond acceptors (Lipinski definition) is 7. The highest BCUT2D eigenvalue weighted by Crippen LogP contribution is 2.54. The van der Waals surface area contributed by atoms with E-state index in [0.717, 1.165) is 52.3 Å². The third-order valence-electron chi connectivity index (χ3n) is 7.08. The Morgan fingerprint density at radius 1 is 1.02 bits per heavy atom. The molecule has 8 nitrogen and oxygen atoms in total. The van der Waals surface area contributed by atoms with Crippen LogP contribution in [0.5, 0.6) is 5.75 Å². The van der Waals surface area contributed by atoms with Crippen molar-refractivity contribution in [3.8, 4) is 5.75 Å². The summed E-state index contributed by atoms with van der Waals surface area (Å²) in [5.74, 6) is -4.27. The first-order valence-corrected chi connectivity index (χ1v) is 15.3. The summed E-state index contributed by atoms with van der Waals surface area (Å²) in [4.78, 5) is 56.5. The first kappa shape index (κ1) is 30.1. The van der Waals surface area contributed by atoms with Gasteiger partial charge in [-0.1, -0.05) is 51.2 Å². The first-order valence-electron chi connectivity index (χ1n) is 12.8. The van der Waals surface area contributed by atoms with Crippen molar-refractivity contribution < 1.29 is 36.7 Å². The summed E-state index contributed by atoms with van der Waals surface area (Å²) in [6.45, 7) is -0.679. The fourth-order valence-corrected chi connectivity index (χ4v) is 8.14. The van der Waals surface area contributed by atoms with Gasteiger partial charge in [-0.25, -0.2) is 9.29 Å². The highest BCUT2D eigenvalue weighted by atomic mass is 79.9. The lowest BCUT2D eigenvalue weighted by Crippen LogP contribution is -2.32. The smallest absolute Gasteiger partial charge is 0.418 e. The minimum Gasteiger partial charge on any atom is -0.483 e. The van der Waals surface area contributed by atoms with Crippen LogP contribution in [0.15, 0.2) is 81.0 Å². The molecule has 4 aromatic rings. The van der Waals surface area contributed by atoms with Crippen molar-refractivity contribution in [1.29, 1.82) is 0 Å². The molecular formula is C29H18BrF4N3O5S2. The fraction of sp³-hybridized carbons (Fsp3) is 0.172. The molecule has 6 rings (SSSR count). The Hall–Kier alpha value is -3.95. The molecule has 0 spiro atoms. The Bertz CT molecular complexity index is 1860. The van der Waals surface area contributed by atoms with Crippen LogP contribution in [0.1, 0.15) is 21.9 Å². The molecule has 44 heavy (non-hydrogen) atoms. The third kappa shape index (κ3) is 5.55. The van der Waals surface area contributed by atoms with Crippen LogP contribution in [0.3, 0.4) is 0 Å². The van der Waals surface area contributed by atoms with Crippen molar-refractivity contribution in [3.05, 3.63) is 103 Å². The number of thioether (sulfide) groups is 1. The molecule has 3 heterocycles. The molecule has 15 heteroatoms. The number of aromatic amines is 1. The number of H-pyrrole nitrogens is 1. The van der Waals surface area contributed by atoms with Crippen LogP contribution in [0.2, 0.25) is 0 Å². The van der Waals surface area contributed by atoms with Gasteiger partial charge in [0.05, 0.1) is 27.9 Å². The van der Waals surface area contributed by atoms with Gasteiger partial charge in [0.1, 0.15) is 16.8 Å². The highest BCUT2D eigenvalue weighted by molar-refractivity contribution is 9.10. The number of nitrogens with one attached hydrogen (secondary N) is 2. The normalized spacial score (nSPS) is 19.5. The summed E-state index contributed by atoms with van der Waals surface area (Å²) < 4.78 is 60.2. The Morgan fingerprint density at radius 3 is 2.48 bits per heavy atom. The van der Waals surface area contributed by atoms with E-state index in [-0.39, 0.29) is 11.4 Å². The van der Waals surface area contributed by atoms with Crippen molar-refractivity contribution >= 4 is 68.1 Å². The van der Waals surface area contributed by atoms with Crippen LogP contribution in [0, 0.1) is 11.7 Å². The number of amides is 3. The minimum absolute atomic E-state index is 0.121. The van der Waals surface area contributed by atoms with Crippen LogP contribution in [-0.2, 0) is 20.6 Å². The zero-order valence-electron chi connectivity index (χ0n) is 22.0. The van der Waals surface area contributed by atoms with E-state index < -0.39 is 69.5 Å². The van der Waals surface area contributed by atoms with Crippen molar-refractivity contribution in [2.45, 2.75) is 22.4 Å². The number of carbonyl (C=O) groups excluding carboxylic acids is 3. The molecule has 0 bridgehead atoms.